The van der Waals surface area contributed by atoms with Crippen molar-refractivity contribution in [2.45, 2.75) is 44.6 Å². The average Bonchev–Trinajstić information content (AvgIpc) is 2.92. The minimum atomic E-state index is -3.64. The number of sulfonamides is 1. The molecule has 6 nitrogen and oxygen atoms in total. The Hall–Kier alpha value is -1.44. The molecule has 1 aliphatic rings. The van der Waals surface area contributed by atoms with Gasteiger partial charge in [0.1, 0.15) is 0 Å². The van der Waals surface area contributed by atoms with Gasteiger partial charge in [-0.3, -0.25) is 4.79 Å². The van der Waals surface area contributed by atoms with E-state index in [4.69, 9.17) is 0 Å². The highest BCUT2D eigenvalue weighted by Gasteiger charge is 2.25. The zero-order chi connectivity index (χ0) is 17.3. The Balaban J connectivity index is 2.23. The summed E-state index contributed by atoms with van der Waals surface area (Å²) in [5.74, 6) is -0.143. The van der Waals surface area contributed by atoms with Crippen LogP contribution in [0.3, 0.4) is 0 Å². The van der Waals surface area contributed by atoms with Crippen LogP contribution in [0.1, 0.15) is 32.8 Å². The Morgan fingerprint density at radius 2 is 2.00 bits per heavy atom. The molecule has 0 saturated carbocycles. The Bertz CT molecular complexity index is 687. The van der Waals surface area contributed by atoms with E-state index in [1.807, 2.05) is 0 Å². The summed E-state index contributed by atoms with van der Waals surface area (Å²) in [7, 11) is -3.64. The van der Waals surface area contributed by atoms with E-state index in [0.717, 1.165) is 13.0 Å². The molecular weight excluding hydrogens is 314 g/mol. The van der Waals surface area contributed by atoms with E-state index in [-0.39, 0.29) is 16.7 Å². The molecule has 3 N–H and O–H groups in total. The Kier molecular flexibility index (Phi) is 5.13. The number of aryl methyl sites for hydroxylation is 1. The van der Waals surface area contributed by atoms with Crippen LogP contribution >= 0.6 is 0 Å². The van der Waals surface area contributed by atoms with Crippen molar-refractivity contribution in [3.63, 3.8) is 0 Å². The molecule has 128 valence electrons. The number of benzene rings is 1. The quantitative estimate of drug-likeness (QED) is 0.778. The molecule has 0 bridgehead atoms. The van der Waals surface area contributed by atoms with Crippen LogP contribution in [0.5, 0.6) is 0 Å². The highest BCUT2D eigenvalue weighted by Crippen LogP contribution is 2.22. The van der Waals surface area contributed by atoms with Crippen LogP contribution in [0, 0.1) is 12.8 Å². The summed E-state index contributed by atoms with van der Waals surface area (Å²) in [4.78, 5) is 12.4. The first-order valence-electron chi connectivity index (χ1n) is 7.75. The van der Waals surface area contributed by atoms with E-state index in [2.05, 4.69) is 15.4 Å². The van der Waals surface area contributed by atoms with Crippen molar-refractivity contribution in [1.82, 2.24) is 10.0 Å². The molecule has 0 radical (unpaired) electrons. The number of rotatable bonds is 4. The predicted octanol–water partition coefficient (Wildman–Crippen LogP) is 1.62. The number of hydrogen-bond acceptors (Lipinski definition) is 4. The molecule has 0 aromatic heterocycles. The van der Waals surface area contributed by atoms with Crippen molar-refractivity contribution in [2.24, 2.45) is 5.92 Å². The average molecular weight is 339 g/mol. The van der Waals surface area contributed by atoms with Crippen molar-refractivity contribution in [3.05, 3.63) is 23.8 Å². The largest absolute Gasteiger partial charge is 0.326 e. The van der Waals surface area contributed by atoms with Gasteiger partial charge in [-0.05, 0) is 58.4 Å². The van der Waals surface area contributed by atoms with Gasteiger partial charge in [-0.15, -0.1) is 0 Å². The summed E-state index contributed by atoms with van der Waals surface area (Å²) in [6.45, 7) is 8.61. The van der Waals surface area contributed by atoms with Crippen LogP contribution in [-0.2, 0) is 14.8 Å². The molecule has 1 aliphatic heterocycles. The van der Waals surface area contributed by atoms with E-state index in [9.17, 15) is 13.2 Å². The molecule has 1 aromatic rings. The Morgan fingerprint density at radius 1 is 1.30 bits per heavy atom. The summed E-state index contributed by atoms with van der Waals surface area (Å²) in [5, 5.41) is 5.96. The number of hydrogen-bond donors (Lipinski definition) is 3. The van der Waals surface area contributed by atoms with Gasteiger partial charge < -0.3 is 10.6 Å². The van der Waals surface area contributed by atoms with Gasteiger partial charge in [-0.2, -0.15) is 0 Å². The molecule has 7 heteroatoms. The smallest absolute Gasteiger partial charge is 0.241 e. The predicted molar refractivity (Wildman–Crippen MR) is 90.9 cm³/mol. The first kappa shape index (κ1) is 17.9. The first-order valence-corrected chi connectivity index (χ1v) is 9.23. The third-order valence-electron chi connectivity index (χ3n) is 3.62. The zero-order valence-electron chi connectivity index (χ0n) is 14.1. The topological polar surface area (TPSA) is 87.3 Å². The lowest BCUT2D eigenvalue weighted by molar-refractivity contribution is -0.119. The summed E-state index contributed by atoms with van der Waals surface area (Å²) in [6, 6.07) is 4.95. The monoisotopic (exact) mass is 339 g/mol. The van der Waals surface area contributed by atoms with E-state index >= 15 is 0 Å². The van der Waals surface area contributed by atoms with Gasteiger partial charge in [0.15, 0.2) is 0 Å². The molecule has 1 heterocycles. The summed E-state index contributed by atoms with van der Waals surface area (Å²) < 4.78 is 27.7. The van der Waals surface area contributed by atoms with Crippen LogP contribution in [-0.4, -0.2) is 33.0 Å². The van der Waals surface area contributed by atoms with Gasteiger partial charge in [0.05, 0.1) is 10.8 Å². The number of carbonyl (C=O) groups excluding carboxylic acids is 1. The SMILES string of the molecule is Cc1ccc(NC(=O)C2CCNC2)cc1S(=O)(=O)NC(C)(C)C. The Morgan fingerprint density at radius 3 is 2.57 bits per heavy atom. The van der Waals surface area contributed by atoms with Crippen molar-refractivity contribution in [1.29, 1.82) is 0 Å². The molecule has 0 spiro atoms. The van der Waals surface area contributed by atoms with Crippen LogP contribution in [0.4, 0.5) is 5.69 Å². The number of amides is 1. The van der Waals surface area contributed by atoms with Gasteiger partial charge in [0, 0.05) is 17.8 Å². The molecule has 2 rings (SSSR count). The Labute approximate surface area is 138 Å². The minimum absolute atomic E-state index is 0.0657. The standard InChI is InChI=1S/C16H25N3O3S/c1-11-5-6-13(18-15(20)12-7-8-17-10-12)9-14(11)23(21,22)19-16(2,3)4/h5-6,9,12,17,19H,7-8,10H2,1-4H3,(H,18,20). The normalized spacial score (nSPS) is 18.9. The van der Waals surface area contributed by atoms with Gasteiger partial charge in [-0.25, -0.2) is 13.1 Å². The van der Waals surface area contributed by atoms with E-state index < -0.39 is 15.6 Å². The van der Waals surface area contributed by atoms with Crippen LogP contribution in [0.2, 0.25) is 0 Å². The van der Waals surface area contributed by atoms with Crippen molar-refractivity contribution in [3.8, 4) is 0 Å². The van der Waals surface area contributed by atoms with Crippen molar-refractivity contribution >= 4 is 21.6 Å². The highest BCUT2D eigenvalue weighted by molar-refractivity contribution is 7.89. The van der Waals surface area contributed by atoms with Gasteiger partial charge >= 0.3 is 0 Å². The second kappa shape index (κ2) is 6.59. The van der Waals surface area contributed by atoms with Gasteiger partial charge in [-0.1, -0.05) is 6.07 Å². The summed E-state index contributed by atoms with van der Waals surface area (Å²) in [6.07, 6.45) is 0.800. The molecular formula is C16H25N3O3S. The second-order valence-corrected chi connectivity index (χ2v) is 8.67. The van der Waals surface area contributed by atoms with Crippen LogP contribution in [0.15, 0.2) is 23.1 Å². The zero-order valence-corrected chi connectivity index (χ0v) is 14.9. The lowest BCUT2D eigenvalue weighted by Gasteiger charge is -2.21. The molecule has 1 saturated heterocycles. The third kappa shape index (κ3) is 4.76. The maximum absolute atomic E-state index is 12.5. The molecule has 1 aromatic carbocycles. The number of carbonyl (C=O) groups is 1. The van der Waals surface area contributed by atoms with Crippen LogP contribution in [0.25, 0.3) is 0 Å². The van der Waals surface area contributed by atoms with Crippen molar-refractivity contribution < 1.29 is 13.2 Å². The van der Waals surface area contributed by atoms with E-state index in [1.165, 1.54) is 6.07 Å². The molecule has 1 unspecified atom stereocenters. The fraction of sp³-hybridized carbons (Fsp3) is 0.562. The molecule has 1 fully saturated rings. The highest BCUT2D eigenvalue weighted by atomic mass is 32.2. The fourth-order valence-corrected chi connectivity index (χ4v) is 4.24. The molecule has 0 aliphatic carbocycles. The molecule has 1 atom stereocenters. The number of anilines is 1. The maximum Gasteiger partial charge on any atom is 0.241 e. The summed E-state index contributed by atoms with van der Waals surface area (Å²) in [5.41, 5.74) is 0.573. The minimum Gasteiger partial charge on any atom is -0.326 e. The molecule has 1 amide bonds. The van der Waals surface area contributed by atoms with Gasteiger partial charge in [0.2, 0.25) is 15.9 Å². The lowest BCUT2D eigenvalue weighted by atomic mass is 10.1. The van der Waals surface area contributed by atoms with E-state index in [1.54, 1.807) is 39.8 Å². The maximum atomic E-state index is 12.5. The summed E-state index contributed by atoms with van der Waals surface area (Å²) >= 11 is 0. The number of nitrogens with one attached hydrogen (secondary N) is 3. The van der Waals surface area contributed by atoms with E-state index in [0.29, 0.717) is 17.8 Å². The fourth-order valence-electron chi connectivity index (χ4n) is 2.55. The van der Waals surface area contributed by atoms with Crippen LogP contribution < -0.4 is 15.4 Å². The molecule has 23 heavy (non-hydrogen) atoms. The van der Waals surface area contributed by atoms with Crippen molar-refractivity contribution in [2.75, 3.05) is 18.4 Å². The third-order valence-corrected chi connectivity index (χ3v) is 5.52. The first-order chi connectivity index (χ1) is 10.6. The second-order valence-electron chi connectivity index (χ2n) is 7.01. The lowest BCUT2D eigenvalue weighted by Crippen LogP contribution is -2.40. The van der Waals surface area contributed by atoms with Gasteiger partial charge in [0.25, 0.3) is 0 Å².